The van der Waals surface area contributed by atoms with E-state index >= 15 is 0 Å². The zero-order chi connectivity index (χ0) is 12.3. The number of hydrogen-bond acceptors (Lipinski definition) is 3. The van der Waals surface area contributed by atoms with Gasteiger partial charge in [-0.2, -0.15) is 5.26 Å². The number of halogens is 2. The van der Waals surface area contributed by atoms with Gasteiger partial charge in [-0.3, -0.25) is 0 Å². The highest BCUT2D eigenvalue weighted by molar-refractivity contribution is 9.10. The molecule has 1 heterocycles. The Morgan fingerprint density at radius 1 is 1.35 bits per heavy atom. The van der Waals surface area contributed by atoms with E-state index in [-0.39, 0.29) is 0 Å². The fourth-order valence-electron chi connectivity index (χ4n) is 1.36. The lowest BCUT2D eigenvalue weighted by Crippen LogP contribution is -1.98. The number of nitrogens with one attached hydrogen (secondary N) is 1. The molecule has 0 radical (unpaired) electrons. The Kier molecular flexibility index (Phi) is 3.72. The first-order valence-electron chi connectivity index (χ1n) is 4.87. The van der Waals surface area contributed by atoms with Crippen LogP contribution in [0.1, 0.15) is 11.5 Å². The lowest BCUT2D eigenvalue weighted by molar-refractivity contribution is 0.506. The Labute approximate surface area is 112 Å². The van der Waals surface area contributed by atoms with Crippen molar-refractivity contribution in [1.29, 1.82) is 5.26 Å². The zero-order valence-electron chi connectivity index (χ0n) is 8.71. The van der Waals surface area contributed by atoms with Gasteiger partial charge in [-0.1, -0.05) is 17.7 Å². The van der Waals surface area contributed by atoms with E-state index in [2.05, 4.69) is 21.2 Å². The Balaban J connectivity index is 2.07. The van der Waals surface area contributed by atoms with E-state index < -0.39 is 0 Å². The van der Waals surface area contributed by atoms with Gasteiger partial charge in [0, 0.05) is 0 Å². The van der Waals surface area contributed by atoms with Crippen LogP contribution in [-0.2, 0) is 6.54 Å². The molecule has 17 heavy (non-hydrogen) atoms. The van der Waals surface area contributed by atoms with E-state index in [0.717, 1.165) is 10.2 Å². The molecular weight excluding hydrogens is 304 g/mol. The van der Waals surface area contributed by atoms with E-state index in [1.54, 1.807) is 18.2 Å². The maximum atomic E-state index is 8.63. The largest absolute Gasteiger partial charge is 0.449 e. The van der Waals surface area contributed by atoms with Crippen LogP contribution in [0.2, 0.25) is 5.02 Å². The van der Waals surface area contributed by atoms with E-state index in [1.165, 1.54) is 0 Å². The third-order valence-electron chi connectivity index (χ3n) is 2.18. The summed E-state index contributed by atoms with van der Waals surface area (Å²) in [5, 5.41) is 12.4. The van der Waals surface area contributed by atoms with Crippen LogP contribution < -0.4 is 5.32 Å². The summed E-state index contributed by atoms with van der Waals surface area (Å²) in [6.45, 7) is 0.501. The number of nitrogens with zero attached hydrogens (tertiary/aromatic N) is 1. The normalized spacial score (nSPS) is 9.94. The molecular formula is C12H8BrClN2O. The van der Waals surface area contributed by atoms with E-state index in [9.17, 15) is 0 Å². The first-order chi connectivity index (χ1) is 8.20. The minimum atomic E-state index is 0.312. The molecule has 5 heteroatoms. The average molecular weight is 312 g/mol. The van der Waals surface area contributed by atoms with Crippen molar-refractivity contribution < 1.29 is 4.42 Å². The van der Waals surface area contributed by atoms with Gasteiger partial charge >= 0.3 is 0 Å². The Bertz CT molecular complexity index is 574. The number of rotatable bonds is 3. The van der Waals surface area contributed by atoms with Crippen LogP contribution in [0.15, 0.2) is 39.2 Å². The van der Waals surface area contributed by atoms with Crippen molar-refractivity contribution in [3.8, 4) is 6.07 Å². The number of benzene rings is 1. The van der Waals surface area contributed by atoms with Crippen molar-refractivity contribution in [2.45, 2.75) is 6.54 Å². The lowest BCUT2D eigenvalue weighted by Gasteiger charge is -2.07. The van der Waals surface area contributed by atoms with Crippen LogP contribution in [-0.4, -0.2) is 0 Å². The van der Waals surface area contributed by atoms with Crippen LogP contribution in [0.4, 0.5) is 5.69 Å². The van der Waals surface area contributed by atoms with Gasteiger partial charge in [0.1, 0.15) is 11.8 Å². The molecule has 2 rings (SSSR count). The third kappa shape index (κ3) is 2.82. The average Bonchev–Trinajstić information content (AvgIpc) is 2.79. The summed E-state index contributed by atoms with van der Waals surface area (Å²) in [4.78, 5) is 0. The lowest BCUT2D eigenvalue weighted by atomic mass is 10.3. The van der Waals surface area contributed by atoms with Gasteiger partial charge in [0.15, 0.2) is 0 Å². The molecule has 1 aromatic heterocycles. The monoisotopic (exact) mass is 310 g/mol. The number of furan rings is 1. The molecule has 0 aliphatic heterocycles. The van der Waals surface area contributed by atoms with Gasteiger partial charge in [0.05, 0.1) is 21.7 Å². The first-order valence-corrected chi connectivity index (χ1v) is 6.04. The molecule has 2 aromatic rings. The molecule has 0 unspecified atom stereocenters. The van der Waals surface area contributed by atoms with Gasteiger partial charge in [0.25, 0.3) is 0 Å². The molecule has 0 atom stereocenters. The summed E-state index contributed by atoms with van der Waals surface area (Å²) in [5.41, 5.74) is 0.882. The van der Waals surface area contributed by atoms with Crippen LogP contribution in [0.5, 0.6) is 0 Å². The molecule has 0 amide bonds. The number of hydrogen-bond donors (Lipinski definition) is 1. The topological polar surface area (TPSA) is 49.0 Å². The summed E-state index contributed by atoms with van der Waals surface area (Å²) in [7, 11) is 0. The predicted molar refractivity (Wildman–Crippen MR) is 69.9 cm³/mol. The Hall–Kier alpha value is -1.44. The highest BCUT2D eigenvalue weighted by atomic mass is 79.9. The van der Waals surface area contributed by atoms with E-state index in [1.807, 2.05) is 18.2 Å². The highest BCUT2D eigenvalue weighted by Gasteiger charge is 2.05. The smallest absolute Gasteiger partial charge is 0.203 e. The van der Waals surface area contributed by atoms with E-state index in [0.29, 0.717) is 23.1 Å². The van der Waals surface area contributed by atoms with Crippen LogP contribution in [0.25, 0.3) is 0 Å². The SMILES string of the molecule is N#Cc1ccc(CNc2cccc(Cl)c2Br)o1. The molecule has 1 aromatic carbocycles. The van der Waals surface area contributed by atoms with Gasteiger partial charge in [0.2, 0.25) is 5.76 Å². The summed E-state index contributed by atoms with van der Waals surface area (Å²) in [5.74, 6) is 1.01. The van der Waals surface area contributed by atoms with Crippen molar-refractivity contribution in [2.24, 2.45) is 0 Å². The quantitative estimate of drug-likeness (QED) is 0.925. The number of nitriles is 1. The summed E-state index contributed by atoms with van der Waals surface area (Å²) in [6, 6.07) is 10.9. The molecule has 3 nitrogen and oxygen atoms in total. The van der Waals surface area contributed by atoms with Gasteiger partial charge in [-0.15, -0.1) is 0 Å². The standard InChI is InChI=1S/C12H8BrClN2O/c13-12-10(14)2-1-3-11(12)16-7-9-5-4-8(6-15)17-9/h1-5,16H,7H2. The predicted octanol–water partition coefficient (Wildman–Crippen LogP) is 4.18. The second kappa shape index (κ2) is 5.26. The minimum absolute atomic E-state index is 0.312. The molecule has 0 aliphatic rings. The van der Waals surface area contributed by atoms with Crippen LogP contribution >= 0.6 is 27.5 Å². The van der Waals surface area contributed by atoms with Crippen molar-refractivity contribution in [3.63, 3.8) is 0 Å². The van der Waals surface area contributed by atoms with Crippen molar-refractivity contribution >= 4 is 33.2 Å². The molecule has 1 N–H and O–H groups in total. The van der Waals surface area contributed by atoms with E-state index in [4.69, 9.17) is 21.3 Å². The fraction of sp³-hybridized carbons (Fsp3) is 0.0833. The first kappa shape index (κ1) is 12.0. The minimum Gasteiger partial charge on any atom is -0.449 e. The molecule has 0 spiro atoms. The van der Waals surface area contributed by atoms with Crippen molar-refractivity contribution in [2.75, 3.05) is 5.32 Å². The van der Waals surface area contributed by atoms with Gasteiger partial charge in [-0.25, -0.2) is 0 Å². The maximum absolute atomic E-state index is 8.63. The summed E-state index contributed by atoms with van der Waals surface area (Å²) in [6.07, 6.45) is 0. The molecule has 0 saturated heterocycles. The second-order valence-corrected chi connectivity index (χ2v) is 4.53. The zero-order valence-corrected chi connectivity index (χ0v) is 11.0. The number of anilines is 1. The molecule has 0 bridgehead atoms. The van der Waals surface area contributed by atoms with Crippen molar-refractivity contribution in [1.82, 2.24) is 0 Å². The summed E-state index contributed by atoms with van der Waals surface area (Å²) < 4.78 is 6.07. The molecule has 0 saturated carbocycles. The highest BCUT2D eigenvalue weighted by Crippen LogP contribution is 2.30. The fourth-order valence-corrected chi connectivity index (χ4v) is 1.93. The van der Waals surface area contributed by atoms with Crippen LogP contribution in [0.3, 0.4) is 0 Å². The second-order valence-electron chi connectivity index (χ2n) is 3.33. The molecule has 86 valence electrons. The van der Waals surface area contributed by atoms with Gasteiger partial charge < -0.3 is 9.73 Å². The molecule has 0 fully saturated rings. The third-order valence-corrected chi connectivity index (χ3v) is 3.57. The summed E-state index contributed by atoms with van der Waals surface area (Å²) >= 11 is 9.36. The van der Waals surface area contributed by atoms with Gasteiger partial charge in [-0.05, 0) is 40.2 Å². The molecule has 0 aliphatic carbocycles. The van der Waals surface area contributed by atoms with Crippen molar-refractivity contribution in [3.05, 3.63) is 51.3 Å². The Morgan fingerprint density at radius 3 is 2.88 bits per heavy atom. The maximum Gasteiger partial charge on any atom is 0.203 e. The van der Waals surface area contributed by atoms with Crippen LogP contribution in [0, 0.1) is 11.3 Å². The Morgan fingerprint density at radius 2 is 2.18 bits per heavy atom.